The Bertz CT molecular complexity index is 1830. The van der Waals surface area contributed by atoms with Crippen molar-refractivity contribution in [3.63, 3.8) is 0 Å². The van der Waals surface area contributed by atoms with Crippen molar-refractivity contribution in [2.75, 3.05) is 33.4 Å². The molecule has 4 heterocycles. The van der Waals surface area contributed by atoms with Crippen LogP contribution in [0.15, 0.2) is 67.1 Å². The monoisotopic (exact) mass is 715 g/mol. The molecule has 6 rings (SSSR count). The minimum atomic E-state index is -1.34. The largest absolute Gasteiger partial charge is 0.493 e. The first-order chi connectivity index (χ1) is 25.1. The van der Waals surface area contributed by atoms with E-state index in [9.17, 15) is 24.3 Å². The summed E-state index contributed by atoms with van der Waals surface area (Å²) in [7, 11) is 1.46. The molecule has 2 aromatic heterocycles. The molecule has 0 spiro atoms. The number of hydrogen-bond acceptors (Lipinski definition) is 10. The normalized spacial score (nSPS) is 18.5. The highest BCUT2D eigenvalue weighted by molar-refractivity contribution is 5.99. The van der Waals surface area contributed by atoms with Crippen molar-refractivity contribution in [1.29, 1.82) is 0 Å². The zero-order valence-corrected chi connectivity index (χ0v) is 29.5. The van der Waals surface area contributed by atoms with E-state index in [0.717, 1.165) is 11.1 Å². The van der Waals surface area contributed by atoms with Gasteiger partial charge in [0.15, 0.2) is 11.5 Å². The Kier molecular flexibility index (Phi) is 12.9. The van der Waals surface area contributed by atoms with Crippen molar-refractivity contribution in [1.82, 2.24) is 45.6 Å². The highest BCUT2D eigenvalue weighted by Crippen LogP contribution is 2.28. The lowest BCUT2D eigenvalue weighted by atomic mass is 10.0. The number of hydrogen-bond donors (Lipinski definition) is 4. The molecule has 0 unspecified atom stereocenters. The van der Waals surface area contributed by atoms with Crippen LogP contribution >= 0.6 is 0 Å². The first-order valence-corrected chi connectivity index (χ1v) is 17.2. The van der Waals surface area contributed by atoms with Gasteiger partial charge in [-0.3, -0.25) is 23.9 Å². The molecule has 4 amide bonds. The Morgan fingerprint density at radius 1 is 1.06 bits per heavy atom. The molecular weight excluding hydrogens is 670 g/mol. The third-order valence-electron chi connectivity index (χ3n) is 8.55. The molecule has 0 fully saturated rings. The third-order valence-corrected chi connectivity index (χ3v) is 8.55. The molecule has 3 atom stereocenters. The number of carbonyl (C=O) groups is 4. The van der Waals surface area contributed by atoms with Crippen molar-refractivity contribution >= 4 is 23.6 Å². The van der Waals surface area contributed by atoms with Gasteiger partial charge in [0.1, 0.15) is 18.7 Å². The molecule has 16 nitrogen and oxygen atoms in total. The number of aromatic nitrogens is 5. The van der Waals surface area contributed by atoms with E-state index in [4.69, 9.17) is 9.47 Å². The Morgan fingerprint density at radius 3 is 2.60 bits per heavy atom. The van der Waals surface area contributed by atoms with Crippen LogP contribution in [-0.2, 0) is 40.3 Å². The van der Waals surface area contributed by atoms with E-state index < -0.39 is 35.9 Å². The lowest BCUT2D eigenvalue weighted by molar-refractivity contribution is -0.133. The molecule has 2 aliphatic heterocycles. The van der Waals surface area contributed by atoms with Gasteiger partial charge < -0.3 is 35.4 Å². The number of ether oxygens (including phenoxy) is 2. The van der Waals surface area contributed by atoms with Gasteiger partial charge in [-0.1, -0.05) is 35.5 Å². The summed E-state index contributed by atoms with van der Waals surface area (Å²) in [6.07, 6.45) is 4.79. The SMILES string of the molecule is COc1cc2ccc1OCCn1cc(nn1)CCN(C(=O)CCn1cc(C)cn1)CCNC(=O)[C@H]([C@@H](C)O)NC(=O)[C@@H](Cc1ccccc1)NC2=O. The van der Waals surface area contributed by atoms with E-state index in [2.05, 4.69) is 31.4 Å². The summed E-state index contributed by atoms with van der Waals surface area (Å²) in [5.74, 6) is -1.29. The number of nitrogens with one attached hydrogen (secondary N) is 3. The highest BCUT2D eigenvalue weighted by atomic mass is 16.5. The average molecular weight is 716 g/mol. The lowest BCUT2D eigenvalue weighted by Gasteiger charge is -2.26. The maximum atomic E-state index is 13.7. The Hall–Kier alpha value is -5.77. The van der Waals surface area contributed by atoms with Crippen LogP contribution in [-0.4, -0.2) is 110 Å². The number of benzene rings is 2. The van der Waals surface area contributed by atoms with Crippen molar-refractivity contribution in [2.24, 2.45) is 0 Å². The molecule has 276 valence electrons. The quantitative estimate of drug-likeness (QED) is 0.198. The number of aliphatic hydroxyl groups excluding tert-OH is 1. The van der Waals surface area contributed by atoms with Gasteiger partial charge in [0.05, 0.1) is 31.6 Å². The van der Waals surface area contributed by atoms with Gasteiger partial charge in [-0.2, -0.15) is 5.10 Å². The second-order valence-corrected chi connectivity index (χ2v) is 12.6. The second kappa shape index (κ2) is 17.9. The Morgan fingerprint density at radius 2 is 1.87 bits per heavy atom. The smallest absolute Gasteiger partial charge is 0.252 e. The van der Waals surface area contributed by atoms with E-state index in [1.807, 2.05) is 43.5 Å². The minimum absolute atomic E-state index is 0.0520. The van der Waals surface area contributed by atoms with E-state index in [0.29, 0.717) is 43.2 Å². The van der Waals surface area contributed by atoms with E-state index in [1.165, 1.54) is 20.1 Å². The fourth-order valence-corrected chi connectivity index (χ4v) is 5.69. The van der Waals surface area contributed by atoms with Gasteiger partial charge in [-0.25, -0.2) is 4.68 Å². The summed E-state index contributed by atoms with van der Waals surface area (Å²) in [5.41, 5.74) is 2.64. The fraction of sp³-hybridized carbons (Fsp3) is 0.417. The molecule has 0 saturated carbocycles. The van der Waals surface area contributed by atoms with Crippen LogP contribution < -0.4 is 25.4 Å². The molecule has 0 aliphatic carbocycles. The topological polar surface area (TPSA) is 195 Å². The van der Waals surface area contributed by atoms with Crippen LogP contribution in [0.25, 0.3) is 0 Å². The van der Waals surface area contributed by atoms with Gasteiger partial charge in [0, 0.05) is 63.4 Å². The summed E-state index contributed by atoms with van der Waals surface area (Å²) < 4.78 is 14.8. The zero-order valence-electron chi connectivity index (χ0n) is 29.5. The van der Waals surface area contributed by atoms with Crippen LogP contribution in [0.3, 0.4) is 0 Å². The number of nitrogens with zero attached hydrogens (tertiary/aromatic N) is 6. The average Bonchev–Trinajstić information content (AvgIpc) is 3.78. The number of fused-ring (bicyclic) bond motifs is 16. The Labute approximate surface area is 301 Å². The predicted octanol–water partition coefficient (Wildman–Crippen LogP) is 0.669. The van der Waals surface area contributed by atoms with Gasteiger partial charge in [-0.15, -0.1) is 5.10 Å². The lowest BCUT2D eigenvalue weighted by Crippen LogP contribution is -2.58. The van der Waals surface area contributed by atoms with Crippen molar-refractivity contribution in [2.45, 2.75) is 64.4 Å². The van der Waals surface area contributed by atoms with Crippen LogP contribution in [0.2, 0.25) is 0 Å². The molecule has 4 N–H and O–H groups in total. The molecule has 4 aromatic rings. The first-order valence-electron chi connectivity index (χ1n) is 17.2. The molecular formula is C36H45N9O7. The Balaban J connectivity index is 1.38. The number of methoxy groups -OCH3 is 1. The first kappa shape index (κ1) is 37.5. The standard InChI is InChI=1S/C36H45N9O7/c1-24-21-38-44(22-24)15-12-32(47)43-14-11-28-23-45(42-41-28)17-18-52-30-10-9-27(20-31(30)51-3)34(48)39-29(19-26-7-5-4-6-8-26)35(49)40-33(25(2)46)36(50)37-13-16-43/h4-10,20-23,25,29,33,46H,11-19H2,1-3H3,(H,37,50)(H,39,48)(H,40,49)/t25-,29-,33+/m1/s1. The van der Waals surface area contributed by atoms with Gasteiger partial charge in [0.2, 0.25) is 17.7 Å². The minimum Gasteiger partial charge on any atom is -0.493 e. The number of amides is 4. The van der Waals surface area contributed by atoms with Crippen LogP contribution in [0.5, 0.6) is 11.5 Å². The van der Waals surface area contributed by atoms with Gasteiger partial charge >= 0.3 is 0 Å². The molecule has 4 bridgehead atoms. The van der Waals surface area contributed by atoms with Crippen LogP contribution in [0.1, 0.15) is 40.5 Å². The summed E-state index contributed by atoms with van der Waals surface area (Å²) >= 11 is 0. The summed E-state index contributed by atoms with van der Waals surface area (Å²) in [6, 6.07) is 11.3. The van der Waals surface area contributed by atoms with Gasteiger partial charge in [0.25, 0.3) is 5.91 Å². The fourth-order valence-electron chi connectivity index (χ4n) is 5.69. The highest BCUT2D eigenvalue weighted by Gasteiger charge is 2.30. The maximum absolute atomic E-state index is 13.7. The third kappa shape index (κ3) is 10.4. The molecule has 0 radical (unpaired) electrons. The molecule has 52 heavy (non-hydrogen) atoms. The van der Waals surface area contributed by atoms with Crippen molar-refractivity contribution in [3.8, 4) is 11.5 Å². The summed E-state index contributed by atoms with van der Waals surface area (Å²) in [5, 5.41) is 31.4. The van der Waals surface area contributed by atoms with Crippen molar-refractivity contribution in [3.05, 3.63) is 89.5 Å². The summed E-state index contributed by atoms with van der Waals surface area (Å²) in [4.78, 5) is 55.7. The van der Waals surface area contributed by atoms with Gasteiger partial charge in [-0.05, 0) is 43.2 Å². The van der Waals surface area contributed by atoms with Crippen LogP contribution in [0, 0.1) is 6.92 Å². The molecule has 0 saturated heterocycles. The molecule has 16 heteroatoms. The number of aryl methyl sites for hydroxylation is 2. The number of carbonyl (C=O) groups excluding carboxylic acids is 4. The molecule has 2 aliphatic rings. The van der Waals surface area contributed by atoms with Crippen LogP contribution in [0.4, 0.5) is 0 Å². The zero-order chi connectivity index (χ0) is 37.0. The number of rotatable bonds is 7. The summed E-state index contributed by atoms with van der Waals surface area (Å²) in [6.45, 7) is 4.82. The van der Waals surface area contributed by atoms with E-state index in [-0.39, 0.29) is 44.0 Å². The predicted molar refractivity (Wildman–Crippen MR) is 188 cm³/mol. The van der Waals surface area contributed by atoms with Crippen molar-refractivity contribution < 1.29 is 33.8 Å². The number of aliphatic hydroxyl groups is 1. The molecule has 2 aromatic carbocycles. The van der Waals surface area contributed by atoms with E-state index >= 15 is 0 Å². The maximum Gasteiger partial charge on any atom is 0.252 e. The van der Waals surface area contributed by atoms with E-state index in [1.54, 1.807) is 38.8 Å². The second-order valence-electron chi connectivity index (χ2n) is 12.6.